The molecular weight excluding hydrogens is 437 g/mol. The molecule has 1 rings (SSSR count). The second kappa shape index (κ2) is 11.8. The van der Waals surface area contributed by atoms with Gasteiger partial charge in [-0.05, 0) is 23.6 Å². The molecule has 1 aliphatic rings. The van der Waals surface area contributed by atoms with Gasteiger partial charge in [-0.25, -0.2) is 0 Å². The maximum Gasteiger partial charge on any atom is 0 e. The third-order valence-corrected chi connectivity index (χ3v) is 2.53. The first-order valence-corrected chi connectivity index (χ1v) is 5.12. The Morgan fingerprint density at radius 3 is 1.38 bits per heavy atom. The first-order valence-electron chi connectivity index (χ1n) is 3.69. The summed E-state index contributed by atoms with van der Waals surface area (Å²) in [4.78, 5) is 1.98. The number of nitrogens with one attached hydrogen (secondary N) is 1. The Morgan fingerprint density at radius 1 is 1.00 bits per heavy atom. The molecule has 0 radical (unpaired) electrons. The standard InChI is InChI=1S/C5H10.CHCl4N2.Pt/c1-2-4-5-3-1;2-1(6-3)7(4)5;/h1-5H2;6H;/q;-1;. The van der Waals surface area contributed by atoms with Gasteiger partial charge in [0, 0.05) is 21.1 Å². The van der Waals surface area contributed by atoms with Crippen LogP contribution in [0.3, 0.4) is 0 Å². The predicted molar refractivity (Wildman–Crippen MR) is 54.7 cm³/mol. The summed E-state index contributed by atoms with van der Waals surface area (Å²) in [6.07, 6.45) is 7.50. The van der Waals surface area contributed by atoms with Gasteiger partial charge in [-0.3, -0.25) is 3.94 Å². The van der Waals surface area contributed by atoms with Crippen molar-refractivity contribution in [3.63, 3.8) is 0 Å². The van der Waals surface area contributed by atoms with Crippen LogP contribution >= 0.6 is 46.9 Å². The molecule has 0 aromatic carbocycles. The Hall–Kier alpha value is 1.77. The Morgan fingerprint density at radius 2 is 1.31 bits per heavy atom. The van der Waals surface area contributed by atoms with E-state index in [9.17, 15) is 0 Å². The first-order chi connectivity index (χ1) is 5.68. The van der Waals surface area contributed by atoms with E-state index in [1.165, 1.54) is 32.1 Å². The molecule has 0 heterocycles. The Kier molecular flexibility index (Phi) is 15.6. The predicted octanol–water partition coefficient (Wildman–Crippen LogP) is 3.97. The molecule has 2 nitrogen and oxygen atoms in total. The maximum atomic E-state index is 5.14. The SMILES string of the molecule is C1CCCC1.ClN[C-](Cl)N(Cl)Cl.[Pt]. The van der Waals surface area contributed by atoms with Crippen LogP contribution in [-0.4, -0.2) is 3.94 Å². The van der Waals surface area contributed by atoms with Crippen molar-refractivity contribution in [3.8, 4) is 0 Å². The van der Waals surface area contributed by atoms with E-state index in [-0.39, 0.29) is 26.7 Å². The van der Waals surface area contributed by atoms with Gasteiger partial charge >= 0.3 is 0 Å². The number of rotatable bonds is 2. The smallest absolute Gasteiger partial charge is 0 e. The molecule has 0 atom stereocenters. The van der Waals surface area contributed by atoms with Crippen LogP contribution in [0.4, 0.5) is 0 Å². The van der Waals surface area contributed by atoms with E-state index in [0.29, 0.717) is 3.94 Å². The van der Waals surface area contributed by atoms with E-state index >= 15 is 0 Å². The third kappa shape index (κ3) is 11.7. The summed E-state index contributed by atoms with van der Waals surface area (Å²) in [6.45, 7) is 0. The largest absolute Gasteiger partial charge is 0.350 e. The fourth-order valence-electron chi connectivity index (χ4n) is 0.916. The number of nitrogens with zero attached hydrogens (tertiary/aromatic N) is 1. The molecule has 1 aliphatic carbocycles. The molecule has 0 bridgehead atoms. The van der Waals surface area contributed by atoms with Gasteiger partial charge in [-0.2, -0.15) is 0 Å². The molecular formula is C6H11Cl4N2Pt-. The average Bonchev–Trinajstić information content (AvgIpc) is 2.59. The van der Waals surface area contributed by atoms with Crippen LogP contribution in [0, 0.1) is 5.62 Å². The molecule has 0 aromatic rings. The minimum Gasteiger partial charge on any atom is -0.350 e. The minimum absolute atomic E-state index is 0. The fourth-order valence-corrected chi connectivity index (χ4v) is 1.17. The van der Waals surface area contributed by atoms with E-state index in [1.807, 2.05) is 4.84 Å². The summed E-state index contributed by atoms with van der Waals surface area (Å²) in [5.74, 6) is 0. The molecule has 0 aromatic heterocycles. The number of halogens is 4. The quantitative estimate of drug-likeness (QED) is 0.391. The van der Waals surface area contributed by atoms with Crippen molar-refractivity contribution >= 4 is 46.9 Å². The third-order valence-electron chi connectivity index (χ3n) is 1.48. The van der Waals surface area contributed by atoms with E-state index in [2.05, 4.69) is 0 Å². The Bertz CT molecular complexity index is 95.0. The van der Waals surface area contributed by atoms with Crippen molar-refractivity contribution in [1.29, 1.82) is 0 Å². The van der Waals surface area contributed by atoms with Crippen molar-refractivity contribution in [1.82, 2.24) is 8.77 Å². The fraction of sp³-hybridized carbons (Fsp3) is 0.833. The first kappa shape index (κ1) is 17.2. The van der Waals surface area contributed by atoms with Gasteiger partial charge < -0.3 is 16.4 Å². The second-order valence-electron chi connectivity index (χ2n) is 2.39. The average molecular weight is 448 g/mol. The van der Waals surface area contributed by atoms with Crippen LogP contribution < -0.4 is 4.84 Å². The van der Waals surface area contributed by atoms with Gasteiger partial charge in [0.05, 0.1) is 0 Å². The van der Waals surface area contributed by atoms with Crippen molar-refractivity contribution in [3.05, 3.63) is 5.62 Å². The van der Waals surface area contributed by atoms with Crippen LogP contribution in [0.2, 0.25) is 0 Å². The number of hydrogen-bond donors (Lipinski definition) is 1. The van der Waals surface area contributed by atoms with Crippen LogP contribution in [0.15, 0.2) is 0 Å². The topological polar surface area (TPSA) is 15.3 Å². The molecule has 0 aliphatic heterocycles. The van der Waals surface area contributed by atoms with Gasteiger partial charge in [0.15, 0.2) is 0 Å². The van der Waals surface area contributed by atoms with Gasteiger partial charge in [-0.15, -0.1) is 0 Å². The van der Waals surface area contributed by atoms with Crippen molar-refractivity contribution in [2.75, 3.05) is 0 Å². The molecule has 0 amide bonds. The zero-order chi connectivity index (χ0) is 9.40. The van der Waals surface area contributed by atoms with E-state index in [1.54, 1.807) is 0 Å². The zero-order valence-electron chi connectivity index (χ0n) is 6.81. The summed E-state index contributed by atoms with van der Waals surface area (Å²) < 4.78 is 0.606. The normalized spacial score (nSPS) is 15.2. The van der Waals surface area contributed by atoms with Crippen molar-refractivity contribution in [2.45, 2.75) is 32.1 Å². The van der Waals surface area contributed by atoms with Gasteiger partial charge in [0.1, 0.15) is 0 Å². The van der Waals surface area contributed by atoms with Crippen LogP contribution in [-0.2, 0) is 21.1 Å². The summed E-state index contributed by atoms with van der Waals surface area (Å²) >= 11 is 20.1. The molecule has 0 saturated heterocycles. The van der Waals surface area contributed by atoms with E-state index < -0.39 is 0 Å². The molecule has 84 valence electrons. The van der Waals surface area contributed by atoms with E-state index in [0.717, 1.165) is 0 Å². The molecule has 13 heavy (non-hydrogen) atoms. The van der Waals surface area contributed by atoms with Gasteiger partial charge in [-0.1, -0.05) is 49.5 Å². The maximum absolute atomic E-state index is 5.14. The van der Waals surface area contributed by atoms with Crippen LogP contribution in [0.5, 0.6) is 0 Å². The minimum atomic E-state index is -0.0509. The summed E-state index contributed by atoms with van der Waals surface area (Å²) in [6, 6.07) is 0. The monoisotopic (exact) mass is 446 g/mol. The molecule has 7 heteroatoms. The molecule has 0 spiro atoms. The Balaban J connectivity index is 0. The van der Waals surface area contributed by atoms with Crippen LogP contribution in [0.1, 0.15) is 32.1 Å². The molecule has 1 N–H and O–H groups in total. The van der Waals surface area contributed by atoms with Gasteiger partial charge in [0.25, 0.3) is 0 Å². The summed E-state index contributed by atoms with van der Waals surface area (Å²) in [5, 5.41) is 0. The summed E-state index contributed by atoms with van der Waals surface area (Å²) in [7, 11) is 0. The zero-order valence-corrected chi connectivity index (χ0v) is 12.1. The van der Waals surface area contributed by atoms with Gasteiger partial charge in [0.2, 0.25) is 0 Å². The molecule has 1 saturated carbocycles. The molecule has 1 fully saturated rings. The van der Waals surface area contributed by atoms with Crippen molar-refractivity contribution in [2.24, 2.45) is 0 Å². The molecule has 0 unspecified atom stereocenters. The second-order valence-corrected chi connectivity index (χ2v) is 3.78. The Labute approximate surface area is 114 Å². The number of hydrogen-bond acceptors (Lipinski definition) is 2. The summed E-state index contributed by atoms with van der Waals surface area (Å²) in [5.41, 5.74) is -0.0509. The van der Waals surface area contributed by atoms with E-state index in [4.69, 9.17) is 46.9 Å². The van der Waals surface area contributed by atoms with Crippen LogP contribution in [0.25, 0.3) is 0 Å². The van der Waals surface area contributed by atoms with Crippen molar-refractivity contribution < 1.29 is 21.1 Å².